The van der Waals surface area contributed by atoms with Crippen LogP contribution < -0.4 is 0 Å². The third kappa shape index (κ3) is 2.54. The van der Waals surface area contributed by atoms with Gasteiger partial charge < -0.3 is 4.98 Å². The predicted octanol–water partition coefficient (Wildman–Crippen LogP) is 4.05. The monoisotopic (exact) mass is 304 g/mol. The van der Waals surface area contributed by atoms with E-state index in [9.17, 15) is 35.1 Å². The Labute approximate surface area is 105 Å². The Balaban J connectivity index is 2.61. The number of nitrogens with zero attached hydrogens (tertiary/aromatic N) is 1. The molecular formula is C10H4F8N2. The second-order valence-electron chi connectivity index (χ2n) is 3.92. The average Bonchev–Trinajstić information content (AvgIpc) is 2.55. The molecule has 10 heteroatoms. The first kappa shape index (κ1) is 14.5. The lowest BCUT2D eigenvalue weighted by molar-refractivity contribution is -0.255. The molecule has 0 spiro atoms. The van der Waals surface area contributed by atoms with E-state index in [1.165, 1.54) is 0 Å². The summed E-state index contributed by atoms with van der Waals surface area (Å²) in [4.78, 5) is 4.76. The maximum atomic E-state index is 12.9. The number of rotatable bonds is 1. The number of aromatic nitrogens is 2. The van der Waals surface area contributed by atoms with Crippen molar-refractivity contribution in [1.82, 2.24) is 9.97 Å². The average molecular weight is 304 g/mol. The van der Waals surface area contributed by atoms with Crippen molar-refractivity contribution in [1.29, 1.82) is 0 Å². The fraction of sp³-hybridized carbons (Fsp3) is 0.300. The number of nitrogens with one attached hydrogen (secondary N) is 1. The van der Waals surface area contributed by atoms with Crippen LogP contribution in [0.5, 0.6) is 0 Å². The molecule has 1 aromatic carbocycles. The van der Waals surface area contributed by atoms with Crippen molar-refractivity contribution in [3.05, 3.63) is 29.6 Å². The van der Waals surface area contributed by atoms with Crippen LogP contribution in [-0.2, 0) is 0 Å². The van der Waals surface area contributed by atoms with Crippen molar-refractivity contribution in [2.45, 2.75) is 18.3 Å². The van der Waals surface area contributed by atoms with Gasteiger partial charge in [-0.25, -0.2) is 13.8 Å². The number of hydrogen-bond acceptors (Lipinski definition) is 1. The molecule has 20 heavy (non-hydrogen) atoms. The molecule has 1 aromatic heterocycles. The molecule has 1 N–H and O–H groups in total. The minimum Gasteiger partial charge on any atom is -0.341 e. The van der Waals surface area contributed by atoms with E-state index in [0.29, 0.717) is 12.1 Å². The van der Waals surface area contributed by atoms with Gasteiger partial charge in [0, 0.05) is 12.1 Å². The molecule has 0 unspecified atom stereocenters. The predicted molar refractivity (Wildman–Crippen MR) is 50.9 cm³/mol. The van der Waals surface area contributed by atoms with E-state index in [1.54, 1.807) is 4.98 Å². The number of imidazole rings is 1. The minimum absolute atomic E-state index is 0.411. The molecule has 0 aliphatic rings. The van der Waals surface area contributed by atoms with Gasteiger partial charge in [-0.05, 0) is 0 Å². The highest BCUT2D eigenvalue weighted by atomic mass is 19.4. The zero-order chi connectivity index (χ0) is 15.3. The smallest absolute Gasteiger partial charge is 0.341 e. The van der Waals surface area contributed by atoms with Crippen LogP contribution >= 0.6 is 0 Å². The second kappa shape index (κ2) is 4.32. The summed E-state index contributed by atoms with van der Waals surface area (Å²) in [5.41, 5.74) is -0.991. The first-order valence-corrected chi connectivity index (χ1v) is 4.98. The third-order valence-electron chi connectivity index (χ3n) is 2.47. The molecule has 2 rings (SSSR count). The Bertz CT molecular complexity index is 586. The molecule has 2 nitrogen and oxygen atoms in total. The number of halogens is 8. The molecule has 0 bridgehead atoms. The summed E-state index contributed by atoms with van der Waals surface area (Å²) >= 11 is 0. The van der Waals surface area contributed by atoms with E-state index in [-0.39, 0.29) is 0 Å². The van der Waals surface area contributed by atoms with E-state index in [1.807, 2.05) is 0 Å². The second-order valence-corrected chi connectivity index (χ2v) is 3.92. The van der Waals surface area contributed by atoms with E-state index < -0.39 is 46.8 Å². The van der Waals surface area contributed by atoms with Crippen molar-refractivity contribution in [3.8, 4) is 0 Å². The van der Waals surface area contributed by atoms with E-state index in [4.69, 9.17) is 0 Å². The van der Waals surface area contributed by atoms with Gasteiger partial charge in [0.15, 0.2) is 11.6 Å². The lowest BCUT2D eigenvalue weighted by atomic mass is 10.1. The fourth-order valence-corrected chi connectivity index (χ4v) is 1.66. The van der Waals surface area contributed by atoms with Gasteiger partial charge in [0.1, 0.15) is 5.82 Å². The molecule has 0 aliphatic carbocycles. The van der Waals surface area contributed by atoms with Gasteiger partial charge in [-0.15, -0.1) is 0 Å². The highest BCUT2D eigenvalue weighted by Crippen LogP contribution is 2.45. The zero-order valence-corrected chi connectivity index (χ0v) is 9.20. The topological polar surface area (TPSA) is 28.7 Å². The van der Waals surface area contributed by atoms with Gasteiger partial charge in [-0.1, -0.05) is 0 Å². The first-order chi connectivity index (χ1) is 9.00. The fourth-order valence-electron chi connectivity index (χ4n) is 1.66. The maximum absolute atomic E-state index is 12.9. The molecule has 0 saturated heterocycles. The van der Waals surface area contributed by atoms with Crippen LogP contribution in [0.4, 0.5) is 35.1 Å². The van der Waals surface area contributed by atoms with E-state index in [2.05, 4.69) is 4.98 Å². The molecule has 0 atom stereocenters. The van der Waals surface area contributed by atoms with Crippen molar-refractivity contribution >= 4 is 11.0 Å². The number of benzene rings is 1. The summed E-state index contributed by atoms with van der Waals surface area (Å²) in [6.45, 7) is 0. The molecule has 0 radical (unpaired) electrons. The Morgan fingerprint density at radius 3 is 1.90 bits per heavy atom. The number of H-pyrrole nitrogens is 1. The van der Waals surface area contributed by atoms with E-state index >= 15 is 0 Å². The minimum atomic E-state index is -5.64. The van der Waals surface area contributed by atoms with Crippen LogP contribution in [0.25, 0.3) is 11.0 Å². The van der Waals surface area contributed by atoms with Crippen LogP contribution in [0.1, 0.15) is 11.7 Å². The summed E-state index contributed by atoms with van der Waals surface area (Å²) in [7, 11) is 0. The SMILES string of the molecule is Fc1cc2nc(C(C(F)(F)F)C(F)(F)F)[nH]c2cc1F. The van der Waals surface area contributed by atoms with Crippen LogP contribution in [-0.4, -0.2) is 22.3 Å². The molecule has 0 fully saturated rings. The van der Waals surface area contributed by atoms with Crippen LogP contribution in [0.15, 0.2) is 12.1 Å². The normalized spacial score (nSPS) is 13.4. The maximum Gasteiger partial charge on any atom is 0.407 e. The van der Waals surface area contributed by atoms with Gasteiger partial charge >= 0.3 is 12.4 Å². The number of fused-ring (bicyclic) bond motifs is 1. The third-order valence-corrected chi connectivity index (χ3v) is 2.47. The Morgan fingerprint density at radius 1 is 0.900 bits per heavy atom. The number of hydrogen-bond donors (Lipinski definition) is 1. The van der Waals surface area contributed by atoms with Gasteiger partial charge in [-0.2, -0.15) is 26.3 Å². The standard InChI is InChI=1S/C10H4F8N2/c11-3-1-5-6(2-4(3)12)20-8(19-5)7(9(13,14)15)10(16,17)18/h1-2,7H,(H,19,20). The summed E-state index contributed by atoms with van der Waals surface area (Å²) < 4.78 is 100. The summed E-state index contributed by atoms with van der Waals surface area (Å²) in [6, 6.07) is 0.847. The zero-order valence-electron chi connectivity index (χ0n) is 9.20. The Kier molecular flexibility index (Phi) is 3.14. The first-order valence-electron chi connectivity index (χ1n) is 4.98. The highest BCUT2D eigenvalue weighted by Gasteiger charge is 2.59. The lowest BCUT2D eigenvalue weighted by Crippen LogP contribution is -2.34. The largest absolute Gasteiger partial charge is 0.407 e. The van der Waals surface area contributed by atoms with Crippen molar-refractivity contribution in [2.24, 2.45) is 0 Å². The van der Waals surface area contributed by atoms with E-state index in [0.717, 1.165) is 0 Å². The number of aromatic amines is 1. The molecule has 0 saturated carbocycles. The molecule has 1 heterocycles. The van der Waals surface area contributed by atoms with Gasteiger partial charge in [0.05, 0.1) is 11.0 Å². The lowest BCUT2D eigenvalue weighted by Gasteiger charge is -2.20. The van der Waals surface area contributed by atoms with Gasteiger partial charge in [0.25, 0.3) is 0 Å². The quantitative estimate of drug-likeness (QED) is 0.791. The van der Waals surface area contributed by atoms with Gasteiger partial charge in [-0.3, -0.25) is 0 Å². The molecule has 0 aliphatic heterocycles. The molecule has 2 aromatic rings. The highest BCUT2D eigenvalue weighted by molar-refractivity contribution is 5.75. The Morgan fingerprint density at radius 2 is 1.40 bits per heavy atom. The summed E-state index contributed by atoms with van der Waals surface area (Å²) in [6.07, 6.45) is -11.3. The van der Waals surface area contributed by atoms with Crippen molar-refractivity contribution in [3.63, 3.8) is 0 Å². The van der Waals surface area contributed by atoms with Crippen molar-refractivity contribution in [2.75, 3.05) is 0 Å². The molecule has 110 valence electrons. The van der Waals surface area contributed by atoms with Crippen LogP contribution in [0.2, 0.25) is 0 Å². The van der Waals surface area contributed by atoms with Crippen LogP contribution in [0, 0.1) is 11.6 Å². The summed E-state index contributed by atoms with van der Waals surface area (Å²) in [5.74, 6) is -8.16. The Hall–Kier alpha value is -1.87. The molecular weight excluding hydrogens is 300 g/mol. The number of alkyl halides is 6. The van der Waals surface area contributed by atoms with Crippen LogP contribution in [0.3, 0.4) is 0 Å². The van der Waals surface area contributed by atoms with Gasteiger partial charge in [0.2, 0.25) is 5.92 Å². The molecule has 0 amide bonds. The van der Waals surface area contributed by atoms with Crippen molar-refractivity contribution < 1.29 is 35.1 Å². The summed E-state index contributed by atoms with van der Waals surface area (Å²) in [5, 5.41) is 0.